The minimum Gasteiger partial charge on any atom is -0.387 e. The van der Waals surface area contributed by atoms with Crippen LogP contribution in [0.2, 0.25) is 0 Å². The third kappa shape index (κ3) is 9.56. The zero-order valence-corrected chi connectivity index (χ0v) is 11.1. The van der Waals surface area contributed by atoms with Gasteiger partial charge in [0.15, 0.2) is 0 Å². The van der Waals surface area contributed by atoms with Crippen LogP contribution in [0.15, 0.2) is 12.3 Å². The van der Waals surface area contributed by atoms with Gasteiger partial charge in [-0.3, -0.25) is 4.79 Å². The lowest BCUT2D eigenvalue weighted by Crippen LogP contribution is -2.32. The zero-order chi connectivity index (χ0) is 12.6. The molecule has 0 unspecified atom stereocenters. The molecule has 16 heavy (non-hydrogen) atoms. The number of allylic oxidation sites excluding steroid dienone is 1. The third-order valence-corrected chi connectivity index (χ3v) is 2.07. The summed E-state index contributed by atoms with van der Waals surface area (Å²) in [6.07, 6.45) is 1.59. The summed E-state index contributed by atoms with van der Waals surface area (Å²) >= 11 is 0. The minimum atomic E-state index is 0.131. The highest BCUT2D eigenvalue weighted by atomic mass is 16.1. The Balaban J connectivity index is 3.46. The van der Waals surface area contributed by atoms with Crippen molar-refractivity contribution in [2.24, 2.45) is 11.8 Å². The maximum atomic E-state index is 11.3. The Kier molecular flexibility index (Phi) is 7.69. The number of amides is 1. The highest BCUT2D eigenvalue weighted by molar-refractivity contribution is 5.75. The average Bonchev–Trinajstić information content (AvgIpc) is 2.10. The van der Waals surface area contributed by atoms with E-state index in [1.165, 1.54) is 0 Å². The van der Waals surface area contributed by atoms with Crippen molar-refractivity contribution in [3.05, 3.63) is 12.3 Å². The summed E-state index contributed by atoms with van der Waals surface area (Å²) in [5, 5.41) is 6.09. The Morgan fingerprint density at radius 3 is 2.00 bits per heavy atom. The average molecular weight is 226 g/mol. The van der Waals surface area contributed by atoms with Crippen molar-refractivity contribution in [2.75, 3.05) is 13.1 Å². The van der Waals surface area contributed by atoms with E-state index in [2.05, 4.69) is 31.1 Å². The zero-order valence-electron chi connectivity index (χ0n) is 11.1. The first-order valence-electron chi connectivity index (χ1n) is 6.10. The molecule has 0 rings (SSSR count). The molecule has 0 bridgehead atoms. The predicted octanol–water partition coefficient (Wildman–Crippen LogP) is 2.30. The largest absolute Gasteiger partial charge is 0.387 e. The van der Waals surface area contributed by atoms with Crippen LogP contribution < -0.4 is 10.6 Å². The maximum absolute atomic E-state index is 11.3. The summed E-state index contributed by atoms with van der Waals surface area (Å²) in [4.78, 5) is 11.3. The van der Waals surface area contributed by atoms with Gasteiger partial charge < -0.3 is 10.6 Å². The summed E-state index contributed by atoms with van der Waals surface area (Å²) in [5.74, 6) is 1.17. The highest BCUT2D eigenvalue weighted by Gasteiger charge is 2.03. The van der Waals surface area contributed by atoms with E-state index in [4.69, 9.17) is 0 Å². The first-order chi connectivity index (χ1) is 7.41. The molecule has 3 nitrogen and oxygen atoms in total. The summed E-state index contributed by atoms with van der Waals surface area (Å²) in [5.41, 5.74) is 1.05. The normalized spacial score (nSPS) is 10.6. The molecule has 1 amide bonds. The van der Waals surface area contributed by atoms with Crippen LogP contribution in [0.3, 0.4) is 0 Å². The van der Waals surface area contributed by atoms with E-state index in [1.807, 2.05) is 13.8 Å². The summed E-state index contributed by atoms with van der Waals surface area (Å²) in [7, 11) is 0. The third-order valence-electron chi connectivity index (χ3n) is 2.07. The number of nitrogens with one attached hydrogen (secondary N) is 2. The molecule has 0 aromatic rings. The van der Waals surface area contributed by atoms with E-state index in [1.54, 1.807) is 0 Å². The Hall–Kier alpha value is -0.990. The Morgan fingerprint density at radius 1 is 1.00 bits per heavy atom. The van der Waals surface area contributed by atoms with Crippen molar-refractivity contribution in [1.29, 1.82) is 0 Å². The standard InChI is InChI=1S/C13H26N2O/c1-10(2)8-12(5)14-6-7-15-13(16)9-11(3)4/h10-11,14H,5-9H2,1-4H3,(H,15,16). The topological polar surface area (TPSA) is 41.1 Å². The molecule has 0 saturated heterocycles. The summed E-state index contributed by atoms with van der Waals surface area (Å²) in [6.45, 7) is 13.8. The molecule has 0 atom stereocenters. The second-order valence-corrected chi connectivity index (χ2v) is 5.08. The SMILES string of the molecule is C=C(CC(C)C)NCCNC(=O)CC(C)C. The van der Waals surface area contributed by atoms with Gasteiger partial charge in [-0.1, -0.05) is 34.3 Å². The van der Waals surface area contributed by atoms with Gasteiger partial charge >= 0.3 is 0 Å². The van der Waals surface area contributed by atoms with Gasteiger partial charge in [-0.25, -0.2) is 0 Å². The van der Waals surface area contributed by atoms with Crippen LogP contribution in [0.1, 0.15) is 40.5 Å². The molecule has 0 fully saturated rings. The molecule has 0 aliphatic rings. The Labute approximate surface area is 99.7 Å². The maximum Gasteiger partial charge on any atom is 0.220 e. The molecule has 0 saturated carbocycles. The van der Waals surface area contributed by atoms with Gasteiger partial charge in [0.2, 0.25) is 5.91 Å². The van der Waals surface area contributed by atoms with Crippen molar-refractivity contribution >= 4 is 5.91 Å². The van der Waals surface area contributed by atoms with Crippen LogP contribution >= 0.6 is 0 Å². The van der Waals surface area contributed by atoms with Crippen LogP contribution in [0, 0.1) is 11.8 Å². The first-order valence-corrected chi connectivity index (χ1v) is 6.10. The fourth-order valence-electron chi connectivity index (χ4n) is 1.45. The molecule has 3 heteroatoms. The highest BCUT2D eigenvalue weighted by Crippen LogP contribution is 2.04. The van der Waals surface area contributed by atoms with Crippen molar-refractivity contribution in [2.45, 2.75) is 40.5 Å². The van der Waals surface area contributed by atoms with Crippen LogP contribution in [0.5, 0.6) is 0 Å². The van der Waals surface area contributed by atoms with Crippen LogP contribution in [-0.4, -0.2) is 19.0 Å². The van der Waals surface area contributed by atoms with E-state index in [9.17, 15) is 4.79 Å². The number of carbonyl (C=O) groups is 1. The summed E-state index contributed by atoms with van der Waals surface area (Å²) < 4.78 is 0. The van der Waals surface area contributed by atoms with Gasteiger partial charge in [0.1, 0.15) is 0 Å². The second-order valence-electron chi connectivity index (χ2n) is 5.08. The van der Waals surface area contributed by atoms with Gasteiger partial charge in [-0.2, -0.15) is 0 Å². The lowest BCUT2D eigenvalue weighted by molar-refractivity contribution is -0.121. The van der Waals surface area contributed by atoms with Gasteiger partial charge in [0.05, 0.1) is 0 Å². The van der Waals surface area contributed by atoms with Crippen molar-refractivity contribution < 1.29 is 4.79 Å². The van der Waals surface area contributed by atoms with E-state index < -0.39 is 0 Å². The Bertz CT molecular complexity index is 198. The molecule has 0 aromatic carbocycles. The van der Waals surface area contributed by atoms with Gasteiger partial charge in [-0.05, 0) is 18.3 Å². The fraction of sp³-hybridized carbons (Fsp3) is 0.769. The number of rotatable bonds is 8. The molecule has 0 aliphatic carbocycles. The van der Waals surface area contributed by atoms with E-state index in [0.717, 1.165) is 18.7 Å². The molecule has 0 spiro atoms. The monoisotopic (exact) mass is 226 g/mol. The van der Waals surface area contributed by atoms with Crippen LogP contribution in [0.25, 0.3) is 0 Å². The number of hydrogen-bond acceptors (Lipinski definition) is 2. The molecule has 0 aliphatic heterocycles. The van der Waals surface area contributed by atoms with Gasteiger partial charge in [-0.15, -0.1) is 0 Å². The van der Waals surface area contributed by atoms with E-state index in [-0.39, 0.29) is 5.91 Å². The lowest BCUT2D eigenvalue weighted by atomic mass is 10.1. The Morgan fingerprint density at radius 2 is 1.50 bits per heavy atom. The molecule has 0 aromatic heterocycles. The smallest absolute Gasteiger partial charge is 0.220 e. The number of hydrogen-bond donors (Lipinski definition) is 2. The number of carbonyl (C=O) groups excluding carboxylic acids is 1. The van der Waals surface area contributed by atoms with Crippen molar-refractivity contribution in [1.82, 2.24) is 10.6 Å². The van der Waals surface area contributed by atoms with Crippen molar-refractivity contribution in [3.8, 4) is 0 Å². The fourth-order valence-corrected chi connectivity index (χ4v) is 1.45. The minimum absolute atomic E-state index is 0.131. The van der Waals surface area contributed by atoms with Gasteiger partial charge in [0, 0.05) is 25.2 Å². The van der Waals surface area contributed by atoms with E-state index in [0.29, 0.717) is 24.8 Å². The second kappa shape index (κ2) is 8.20. The molecular formula is C13H26N2O. The quantitative estimate of drug-likeness (QED) is 0.624. The molecule has 0 radical (unpaired) electrons. The molecular weight excluding hydrogens is 200 g/mol. The summed E-state index contributed by atoms with van der Waals surface area (Å²) in [6, 6.07) is 0. The van der Waals surface area contributed by atoms with Gasteiger partial charge in [0.25, 0.3) is 0 Å². The molecule has 94 valence electrons. The van der Waals surface area contributed by atoms with Crippen molar-refractivity contribution in [3.63, 3.8) is 0 Å². The van der Waals surface area contributed by atoms with Crippen LogP contribution in [-0.2, 0) is 4.79 Å². The predicted molar refractivity (Wildman–Crippen MR) is 69.1 cm³/mol. The van der Waals surface area contributed by atoms with E-state index >= 15 is 0 Å². The lowest BCUT2D eigenvalue weighted by Gasteiger charge is -2.12. The molecule has 0 heterocycles. The molecule has 2 N–H and O–H groups in total. The van der Waals surface area contributed by atoms with Crippen LogP contribution in [0.4, 0.5) is 0 Å². The first kappa shape index (κ1) is 15.0.